The van der Waals surface area contributed by atoms with E-state index in [9.17, 15) is 4.79 Å². The number of hydrogen-bond acceptors (Lipinski definition) is 3. The van der Waals surface area contributed by atoms with Crippen molar-refractivity contribution in [3.8, 4) is 11.8 Å². The van der Waals surface area contributed by atoms with Crippen LogP contribution in [0.15, 0.2) is 24.3 Å². The second-order valence-electron chi connectivity index (χ2n) is 4.44. The molecule has 5 nitrogen and oxygen atoms in total. The van der Waals surface area contributed by atoms with Crippen LogP contribution in [0, 0.1) is 18.8 Å². The summed E-state index contributed by atoms with van der Waals surface area (Å²) in [6, 6.07) is 6.83. The summed E-state index contributed by atoms with van der Waals surface area (Å²) in [5.74, 6) is 5.40. The highest BCUT2D eigenvalue weighted by atomic mass is 35.5. The van der Waals surface area contributed by atoms with Gasteiger partial charge in [0.25, 0.3) is 5.91 Å². The molecule has 0 fully saturated rings. The van der Waals surface area contributed by atoms with Crippen molar-refractivity contribution in [2.45, 2.75) is 6.92 Å². The molecule has 0 aliphatic carbocycles. The third-order valence-corrected chi connectivity index (χ3v) is 3.02. The van der Waals surface area contributed by atoms with Crippen LogP contribution >= 0.6 is 11.6 Å². The molecule has 2 aromatic rings. The van der Waals surface area contributed by atoms with Gasteiger partial charge >= 0.3 is 0 Å². The second-order valence-corrected chi connectivity index (χ2v) is 4.88. The van der Waals surface area contributed by atoms with E-state index in [0.717, 1.165) is 5.69 Å². The maximum Gasteiger partial charge on any atom is 0.273 e. The molecule has 1 aromatic heterocycles. The van der Waals surface area contributed by atoms with E-state index < -0.39 is 0 Å². The largest absolute Gasteiger partial charge is 0.320 e. The smallest absolute Gasteiger partial charge is 0.273 e. The quantitative estimate of drug-likeness (QED) is 0.833. The minimum Gasteiger partial charge on any atom is -0.320 e. The van der Waals surface area contributed by atoms with Crippen molar-refractivity contribution in [2.75, 3.05) is 11.9 Å². The molecular weight excluding hydrogens is 288 g/mol. The lowest BCUT2D eigenvalue weighted by Gasteiger charge is -2.08. The number of anilines is 1. The van der Waals surface area contributed by atoms with E-state index in [1.807, 2.05) is 6.92 Å². The fraction of sp³-hybridized carbons (Fsp3) is 0.200. The average Bonchev–Trinajstić information content (AvgIpc) is 2.77. The lowest BCUT2D eigenvalue weighted by Crippen LogP contribution is -2.16. The fourth-order valence-corrected chi connectivity index (χ4v) is 2.06. The maximum absolute atomic E-state index is 12.3. The Morgan fingerprint density at radius 1 is 1.48 bits per heavy atom. The first-order chi connectivity index (χ1) is 10.0. The van der Waals surface area contributed by atoms with Crippen LogP contribution in [-0.2, 0) is 7.05 Å². The van der Waals surface area contributed by atoms with Crippen molar-refractivity contribution >= 4 is 23.2 Å². The van der Waals surface area contributed by atoms with Crippen molar-refractivity contribution in [3.05, 3.63) is 46.2 Å². The molecule has 1 heterocycles. The van der Waals surface area contributed by atoms with Crippen LogP contribution in [0.3, 0.4) is 0 Å². The number of nitrogens with zero attached hydrogens (tertiary/aromatic N) is 2. The highest BCUT2D eigenvalue weighted by molar-refractivity contribution is 6.31. The number of carbonyl (C=O) groups is 1. The third kappa shape index (κ3) is 3.63. The van der Waals surface area contributed by atoms with Gasteiger partial charge < -0.3 is 11.1 Å². The Hall–Kier alpha value is -2.29. The van der Waals surface area contributed by atoms with Crippen molar-refractivity contribution in [2.24, 2.45) is 12.8 Å². The highest BCUT2D eigenvalue weighted by Gasteiger charge is 2.13. The Kier molecular flexibility index (Phi) is 4.63. The number of aryl methyl sites for hydroxylation is 2. The minimum absolute atomic E-state index is 0.247. The number of hydrogen-bond donors (Lipinski definition) is 2. The van der Waals surface area contributed by atoms with Crippen molar-refractivity contribution in [1.29, 1.82) is 0 Å². The van der Waals surface area contributed by atoms with Gasteiger partial charge in [0.05, 0.1) is 17.9 Å². The molecule has 2 rings (SSSR count). The number of carbonyl (C=O) groups excluding carboxylic acids is 1. The van der Waals surface area contributed by atoms with E-state index >= 15 is 0 Å². The van der Waals surface area contributed by atoms with Crippen LogP contribution < -0.4 is 11.1 Å². The van der Waals surface area contributed by atoms with Gasteiger partial charge in [-0.25, -0.2) is 0 Å². The summed E-state index contributed by atoms with van der Waals surface area (Å²) in [4.78, 5) is 12.3. The lowest BCUT2D eigenvalue weighted by molar-refractivity contribution is 0.101. The Morgan fingerprint density at radius 2 is 2.24 bits per heavy atom. The van der Waals surface area contributed by atoms with Gasteiger partial charge in [-0.05, 0) is 31.2 Å². The van der Waals surface area contributed by atoms with Gasteiger partial charge in [-0.15, -0.1) is 0 Å². The number of aromatic nitrogens is 2. The topological polar surface area (TPSA) is 72.9 Å². The predicted octanol–water partition coefficient (Wildman–Crippen LogP) is 1.94. The van der Waals surface area contributed by atoms with Crippen molar-refractivity contribution < 1.29 is 4.79 Å². The Balaban J connectivity index is 2.32. The predicted molar refractivity (Wildman–Crippen MR) is 83.3 cm³/mol. The molecule has 1 amide bonds. The number of amides is 1. The van der Waals surface area contributed by atoms with Crippen molar-refractivity contribution in [1.82, 2.24) is 9.78 Å². The molecule has 0 aliphatic heterocycles. The number of nitrogens with one attached hydrogen (secondary N) is 1. The summed E-state index contributed by atoms with van der Waals surface area (Å²) in [5.41, 5.74) is 7.82. The summed E-state index contributed by atoms with van der Waals surface area (Å²) in [7, 11) is 1.72. The maximum atomic E-state index is 12.3. The Labute approximate surface area is 128 Å². The van der Waals surface area contributed by atoms with Gasteiger partial charge in [-0.2, -0.15) is 5.10 Å². The lowest BCUT2D eigenvalue weighted by atomic mass is 10.1. The van der Waals surface area contributed by atoms with Crippen LogP contribution in [0.1, 0.15) is 21.7 Å². The molecule has 0 saturated heterocycles. The molecule has 1 aromatic carbocycles. The zero-order valence-electron chi connectivity index (χ0n) is 11.8. The monoisotopic (exact) mass is 302 g/mol. The summed E-state index contributed by atoms with van der Waals surface area (Å²) < 4.78 is 1.53. The molecule has 0 unspecified atom stereocenters. The summed E-state index contributed by atoms with van der Waals surface area (Å²) >= 11 is 5.97. The number of rotatable bonds is 2. The summed E-state index contributed by atoms with van der Waals surface area (Å²) in [6.45, 7) is 2.07. The fourth-order valence-electron chi connectivity index (χ4n) is 1.88. The van der Waals surface area contributed by atoms with Crippen LogP contribution in [0.2, 0.25) is 5.02 Å². The molecule has 0 spiro atoms. The SMILES string of the molecule is Cc1cc(C(=O)Nc2cc(Cl)ccc2C#CCN)n(C)n1. The molecule has 0 radical (unpaired) electrons. The zero-order chi connectivity index (χ0) is 15.4. The molecule has 6 heteroatoms. The van der Waals surface area contributed by atoms with Gasteiger partial charge in [0.1, 0.15) is 5.69 Å². The molecular formula is C15H15ClN4O. The standard InChI is InChI=1S/C15H15ClN4O/c1-10-8-14(20(2)19-10)15(21)18-13-9-12(16)6-5-11(13)4-3-7-17/h5-6,8-9H,7,17H2,1-2H3,(H,18,21). The van der Waals surface area contributed by atoms with Gasteiger partial charge in [0, 0.05) is 17.6 Å². The van der Waals surface area contributed by atoms with E-state index in [0.29, 0.717) is 22.0 Å². The minimum atomic E-state index is -0.267. The zero-order valence-corrected chi connectivity index (χ0v) is 12.5. The Morgan fingerprint density at radius 3 is 2.86 bits per heavy atom. The summed E-state index contributed by atoms with van der Waals surface area (Å²) in [5, 5.41) is 7.47. The second kappa shape index (κ2) is 6.44. The average molecular weight is 303 g/mol. The molecule has 0 atom stereocenters. The van der Waals surface area contributed by atoms with Gasteiger partial charge in [0.2, 0.25) is 0 Å². The van der Waals surface area contributed by atoms with Crippen LogP contribution in [-0.4, -0.2) is 22.2 Å². The van der Waals surface area contributed by atoms with Crippen LogP contribution in [0.5, 0.6) is 0 Å². The van der Waals surface area contributed by atoms with E-state index in [2.05, 4.69) is 22.3 Å². The first-order valence-corrected chi connectivity index (χ1v) is 6.69. The molecule has 0 saturated carbocycles. The normalized spacial score (nSPS) is 9.90. The first kappa shape index (κ1) is 15.1. The van der Waals surface area contributed by atoms with E-state index in [1.54, 1.807) is 31.3 Å². The molecule has 0 aliphatic rings. The van der Waals surface area contributed by atoms with Crippen LogP contribution in [0.25, 0.3) is 0 Å². The summed E-state index contributed by atoms with van der Waals surface area (Å²) in [6.07, 6.45) is 0. The molecule has 0 bridgehead atoms. The van der Waals surface area contributed by atoms with Crippen molar-refractivity contribution in [3.63, 3.8) is 0 Å². The van der Waals surface area contributed by atoms with Gasteiger partial charge in [-0.3, -0.25) is 9.48 Å². The van der Waals surface area contributed by atoms with E-state index in [-0.39, 0.29) is 12.5 Å². The first-order valence-electron chi connectivity index (χ1n) is 6.31. The Bertz CT molecular complexity index is 740. The van der Waals surface area contributed by atoms with E-state index in [4.69, 9.17) is 17.3 Å². The van der Waals surface area contributed by atoms with Gasteiger partial charge in [-0.1, -0.05) is 23.4 Å². The number of nitrogens with two attached hydrogens (primary N) is 1. The molecule has 3 N–H and O–H groups in total. The van der Waals surface area contributed by atoms with E-state index in [1.165, 1.54) is 4.68 Å². The number of halogens is 1. The highest BCUT2D eigenvalue weighted by Crippen LogP contribution is 2.21. The molecule has 108 valence electrons. The third-order valence-electron chi connectivity index (χ3n) is 2.79. The molecule has 21 heavy (non-hydrogen) atoms. The van der Waals surface area contributed by atoms with Gasteiger partial charge in [0.15, 0.2) is 0 Å². The van der Waals surface area contributed by atoms with Crippen LogP contribution in [0.4, 0.5) is 5.69 Å². The number of benzene rings is 1.